The number of nitrogens with zero attached hydrogens (tertiary/aromatic N) is 1. The summed E-state index contributed by atoms with van der Waals surface area (Å²) in [5, 5.41) is 16.8. The minimum absolute atomic E-state index is 0. The fourth-order valence-electron chi connectivity index (χ4n) is 2.59. The van der Waals surface area contributed by atoms with Gasteiger partial charge in [0.2, 0.25) is 0 Å². The van der Waals surface area contributed by atoms with Gasteiger partial charge in [-0.3, -0.25) is 4.99 Å². The molecule has 0 spiro atoms. The predicted octanol–water partition coefficient (Wildman–Crippen LogP) is 2.54. The van der Waals surface area contributed by atoms with Crippen molar-refractivity contribution >= 4 is 29.9 Å². The van der Waals surface area contributed by atoms with E-state index in [-0.39, 0.29) is 24.0 Å². The molecule has 7 heteroatoms. The average Bonchev–Trinajstić information content (AvgIpc) is 2.63. The number of hydrogen-bond acceptors (Lipinski definition) is 4. The topological polar surface area (TPSA) is 75.1 Å². The largest absolute Gasteiger partial charge is 0.388 e. The van der Waals surface area contributed by atoms with Gasteiger partial charge >= 0.3 is 0 Å². The first kappa shape index (κ1) is 24.9. The third-order valence-electron chi connectivity index (χ3n) is 4.64. The van der Waals surface area contributed by atoms with Crippen molar-refractivity contribution in [1.82, 2.24) is 10.6 Å². The van der Waals surface area contributed by atoms with Crippen LogP contribution in [-0.4, -0.2) is 62.7 Å². The zero-order valence-corrected chi connectivity index (χ0v) is 18.5. The van der Waals surface area contributed by atoms with Gasteiger partial charge in [-0.15, -0.1) is 24.0 Å². The highest BCUT2D eigenvalue weighted by Crippen LogP contribution is 2.15. The normalized spacial score (nSPS) is 16.4. The Bertz CT molecular complexity index is 346. The second-order valence-electron chi connectivity index (χ2n) is 6.54. The molecule has 1 rings (SSSR count). The average molecular weight is 471 g/mol. The number of aliphatic imine (C=N–C) groups is 1. The molecule has 0 amide bonds. The summed E-state index contributed by atoms with van der Waals surface area (Å²) in [5.41, 5.74) is -0.699. The van der Waals surface area contributed by atoms with E-state index >= 15 is 0 Å². The first-order valence-corrected chi connectivity index (χ1v) is 9.53. The molecule has 1 aliphatic rings. The molecule has 25 heavy (non-hydrogen) atoms. The number of nitrogens with one attached hydrogen (secondary N) is 2. The van der Waals surface area contributed by atoms with Gasteiger partial charge in [-0.25, -0.2) is 0 Å². The standard InChI is InChI=1S/C18H37N3O3.HI/c1-4-18(22,5-2)15-21-17(19-6-3)20-10-7-11-24-14-16-8-12-23-13-9-16;/h16,22H,4-15H2,1-3H3,(H2,19,20,21);1H. The zero-order valence-electron chi connectivity index (χ0n) is 16.2. The molecule has 1 aliphatic heterocycles. The van der Waals surface area contributed by atoms with Crippen molar-refractivity contribution in [2.45, 2.75) is 58.5 Å². The predicted molar refractivity (Wildman–Crippen MR) is 114 cm³/mol. The maximum Gasteiger partial charge on any atom is 0.191 e. The van der Waals surface area contributed by atoms with E-state index < -0.39 is 5.60 Å². The number of ether oxygens (including phenoxy) is 2. The van der Waals surface area contributed by atoms with Crippen molar-refractivity contribution in [2.24, 2.45) is 10.9 Å². The van der Waals surface area contributed by atoms with Gasteiger partial charge in [-0.1, -0.05) is 13.8 Å². The van der Waals surface area contributed by atoms with E-state index in [0.717, 1.165) is 64.7 Å². The Labute approximate surface area is 170 Å². The van der Waals surface area contributed by atoms with Crippen LogP contribution in [0.5, 0.6) is 0 Å². The van der Waals surface area contributed by atoms with Crippen LogP contribution >= 0.6 is 24.0 Å². The molecule has 1 fully saturated rings. The van der Waals surface area contributed by atoms with Crippen molar-refractivity contribution < 1.29 is 14.6 Å². The Balaban J connectivity index is 0.00000576. The van der Waals surface area contributed by atoms with Crippen molar-refractivity contribution in [3.05, 3.63) is 0 Å². The molecule has 0 atom stereocenters. The van der Waals surface area contributed by atoms with Crippen LogP contribution in [0.15, 0.2) is 4.99 Å². The van der Waals surface area contributed by atoms with Gasteiger partial charge in [0.15, 0.2) is 5.96 Å². The van der Waals surface area contributed by atoms with E-state index in [9.17, 15) is 5.11 Å². The Morgan fingerprint density at radius 2 is 1.88 bits per heavy atom. The van der Waals surface area contributed by atoms with Crippen LogP contribution in [0.1, 0.15) is 52.9 Å². The van der Waals surface area contributed by atoms with E-state index in [0.29, 0.717) is 25.3 Å². The summed E-state index contributed by atoms with van der Waals surface area (Å²) in [6.45, 7) is 11.4. The minimum Gasteiger partial charge on any atom is -0.388 e. The number of hydrogen-bond donors (Lipinski definition) is 3. The molecule has 0 saturated carbocycles. The van der Waals surface area contributed by atoms with Gasteiger partial charge in [-0.05, 0) is 44.9 Å². The van der Waals surface area contributed by atoms with Gasteiger partial charge < -0.3 is 25.2 Å². The number of aliphatic hydroxyl groups is 1. The second kappa shape index (κ2) is 15.0. The van der Waals surface area contributed by atoms with E-state index in [4.69, 9.17) is 9.47 Å². The van der Waals surface area contributed by atoms with Crippen molar-refractivity contribution in [1.29, 1.82) is 0 Å². The molecule has 150 valence electrons. The van der Waals surface area contributed by atoms with Crippen molar-refractivity contribution in [3.8, 4) is 0 Å². The highest BCUT2D eigenvalue weighted by Gasteiger charge is 2.21. The lowest BCUT2D eigenvalue weighted by molar-refractivity contribution is 0.0203. The molecular weight excluding hydrogens is 433 g/mol. The molecule has 0 aromatic heterocycles. The molecule has 0 aromatic carbocycles. The fourth-order valence-corrected chi connectivity index (χ4v) is 2.59. The number of halogens is 1. The number of guanidine groups is 1. The van der Waals surface area contributed by atoms with Crippen molar-refractivity contribution in [2.75, 3.05) is 46.1 Å². The summed E-state index contributed by atoms with van der Waals surface area (Å²) in [6.07, 6.45) is 4.61. The van der Waals surface area contributed by atoms with Crippen LogP contribution in [0, 0.1) is 5.92 Å². The molecule has 3 N–H and O–H groups in total. The van der Waals surface area contributed by atoms with Gasteiger partial charge in [0, 0.05) is 39.5 Å². The molecular formula is C18H38IN3O3. The molecule has 0 radical (unpaired) electrons. The summed E-state index contributed by atoms with van der Waals surface area (Å²) in [5.74, 6) is 1.42. The highest BCUT2D eigenvalue weighted by molar-refractivity contribution is 14.0. The van der Waals surface area contributed by atoms with Gasteiger partial charge in [0.1, 0.15) is 0 Å². The van der Waals surface area contributed by atoms with Crippen LogP contribution in [0.2, 0.25) is 0 Å². The Hall–Kier alpha value is -0.120. The van der Waals surface area contributed by atoms with Crippen molar-refractivity contribution in [3.63, 3.8) is 0 Å². The molecule has 1 saturated heterocycles. The molecule has 1 heterocycles. The Morgan fingerprint density at radius 3 is 2.48 bits per heavy atom. The lowest BCUT2D eigenvalue weighted by Crippen LogP contribution is -2.40. The van der Waals surface area contributed by atoms with Gasteiger partial charge in [0.25, 0.3) is 0 Å². The second-order valence-corrected chi connectivity index (χ2v) is 6.54. The van der Waals surface area contributed by atoms with Gasteiger partial charge in [0.05, 0.1) is 12.1 Å². The highest BCUT2D eigenvalue weighted by atomic mass is 127. The SMILES string of the molecule is CCNC(=NCC(O)(CC)CC)NCCCOCC1CCOCC1.I. The summed E-state index contributed by atoms with van der Waals surface area (Å²) in [4.78, 5) is 4.51. The third kappa shape index (κ3) is 11.2. The smallest absolute Gasteiger partial charge is 0.191 e. The monoisotopic (exact) mass is 471 g/mol. The minimum atomic E-state index is -0.699. The summed E-state index contributed by atoms with van der Waals surface area (Å²) in [7, 11) is 0. The summed E-state index contributed by atoms with van der Waals surface area (Å²) >= 11 is 0. The molecule has 0 bridgehead atoms. The summed E-state index contributed by atoms with van der Waals surface area (Å²) < 4.78 is 11.1. The molecule has 6 nitrogen and oxygen atoms in total. The fraction of sp³-hybridized carbons (Fsp3) is 0.944. The van der Waals surface area contributed by atoms with E-state index in [1.165, 1.54) is 0 Å². The third-order valence-corrected chi connectivity index (χ3v) is 4.64. The first-order chi connectivity index (χ1) is 11.6. The maximum atomic E-state index is 10.3. The Morgan fingerprint density at radius 1 is 1.20 bits per heavy atom. The van der Waals surface area contributed by atoms with Crippen LogP contribution < -0.4 is 10.6 Å². The van der Waals surface area contributed by atoms with Crippen LogP contribution in [0.25, 0.3) is 0 Å². The lowest BCUT2D eigenvalue weighted by atomic mass is 9.98. The van der Waals surface area contributed by atoms with Crippen LogP contribution in [0.3, 0.4) is 0 Å². The zero-order chi connectivity index (χ0) is 17.7. The maximum absolute atomic E-state index is 10.3. The molecule has 0 aliphatic carbocycles. The molecule has 0 unspecified atom stereocenters. The molecule has 0 aromatic rings. The first-order valence-electron chi connectivity index (χ1n) is 9.53. The van der Waals surface area contributed by atoms with E-state index in [2.05, 4.69) is 15.6 Å². The number of rotatable bonds is 11. The van der Waals surface area contributed by atoms with Crippen LogP contribution in [0.4, 0.5) is 0 Å². The van der Waals surface area contributed by atoms with Crippen LogP contribution in [-0.2, 0) is 9.47 Å². The van der Waals surface area contributed by atoms with E-state index in [1.54, 1.807) is 0 Å². The van der Waals surface area contributed by atoms with E-state index in [1.807, 2.05) is 20.8 Å². The summed E-state index contributed by atoms with van der Waals surface area (Å²) in [6, 6.07) is 0. The van der Waals surface area contributed by atoms with Gasteiger partial charge in [-0.2, -0.15) is 0 Å². The quantitative estimate of drug-likeness (QED) is 0.187. The lowest BCUT2D eigenvalue weighted by Gasteiger charge is -2.23. The Kier molecular flexibility index (Phi) is 14.9.